The third kappa shape index (κ3) is 7.92. The number of benzene rings is 1. The maximum atomic E-state index is 10.3. The largest absolute Gasteiger partial charge is 0.478 e. The number of hydrogen-bond donors (Lipinski definition) is 1. The Hall–Kier alpha value is -1.95. The van der Waals surface area contributed by atoms with E-state index in [2.05, 4.69) is 28.2 Å². The average molecular weight is 241 g/mol. The third-order valence-electron chi connectivity index (χ3n) is 1.33. The Morgan fingerprint density at radius 3 is 1.76 bits per heavy atom. The molecule has 1 aromatic rings. The predicted molar refractivity (Wildman–Crippen MR) is 64.0 cm³/mol. The monoisotopic (exact) mass is 241 g/mol. The van der Waals surface area contributed by atoms with Crippen LogP contribution in [0.4, 0.5) is 5.69 Å². The fourth-order valence-corrected chi connectivity index (χ4v) is 0.726. The van der Waals surface area contributed by atoms with Crippen molar-refractivity contribution in [2.24, 2.45) is 0 Å². The molecule has 0 saturated heterocycles. The van der Waals surface area contributed by atoms with Gasteiger partial charge in [-0.2, -0.15) is 0 Å². The van der Waals surface area contributed by atoms with Crippen molar-refractivity contribution in [2.75, 3.05) is 28.2 Å². The van der Waals surface area contributed by atoms with Crippen LogP contribution in [0.15, 0.2) is 24.3 Å². The molecule has 0 aliphatic rings. The first kappa shape index (κ1) is 15.0. The molecule has 0 saturated carbocycles. The molecule has 17 heavy (non-hydrogen) atoms. The van der Waals surface area contributed by atoms with Crippen LogP contribution in [0.1, 0.15) is 10.4 Å². The summed E-state index contributed by atoms with van der Waals surface area (Å²) in [7, 11) is 8.50. The molecule has 0 spiro atoms. The number of nitrogens with zero attached hydrogens (tertiary/aromatic N) is 2. The zero-order valence-corrected chi connectivity index (χ0v) is 10.4. The summed E-state index contributed by atoms with van der Waals surface area (Å²) in [6.45, 7) is 0. The van der Waals surface area contributed by atoms with E-state index in [1.54, 1.807) is 0 Å². The van der Waals surface area contributed by atoms with Crippen molar-refractivity contribution in [3.63, 3.8) is 0 Å². The number of non-ortho nitro benzene ring substituents is 1. The van der Waals surface area contributed by atoms with E-state index in [1.807, 2.05) is 0 Å². The maximum absolute atomic E-state index is 10.3. The summed E-state index contributed by atoms with van der Waals surface area (Å²) in [4.78, 5) is 19.9. The fourth-order valence-electron chi connectivity index (χ4n) is 0.726. The second kappa shape index (κ2) is 5.95. The molecule has 6 heteroatoms. The summed E-state index contributed by atoms with van der Waals surface area (Å²) in [6, 6.07) is 4.70. The number of nitro benzene ring substituents is 1. The molecule has 0 unspecified atom stereocenters. The van der Waals surface area contributed by atoms with Gasteiger partial charge in [0.05, 0.1) is 38.7 Å². The van der Waals surface area contributed by atoms with Gasteiger partial charge in [0.1, 0.15) is 0 Å². The van der Waals surface area contributed by atoms with Gasteiger partial charge in [0.15, 0.2) is 0 Å². The predicted octanol–water partition coefficient (Wildman–Crippen LogP) is 1.62. The second-order valence-electron chi connectivity index (χ2n) is 4.79. The number of nitro groups is 1. The zero-order valence-electron chi connectivity index (χ0n) is 10.4. The number of quaternary nitrogens is 1. The van der Waals surface area contributed by atoms with Crippen molar-refractivity contribution >= 4 is 11.7 Å². The molecule has 1 rings (SSSR count). The van der Waals surface area contributed by atoms with Crippen LogP contribution in [-0.4, -0.2) is 48.7 Å². The number of hydrogen-bond acceptors (Lipinski definition) is 3. The fraction of sp³-hybridized carbons (Fsp3) is 0.364. The number of aromatic carboxylic acids is 1. The lowest BCUT2D eigenvalue weighted by Crippen LogP contribution is -2.27. The van der Waals surface area contributed by atoms with Crippen molar-refractivity contribution < 1.29 is 19.3 Å². The van der Waals surface area contributed by atoms with Crippen LogP contribution in [-0.2, 0) is 0 Å². The van der Waals surface area contributed by atoms with E-state index < -0.39 is 10.9 Å². The molecule has 0 bridgehead atoms. The van der Waals surface area contributed by atoms with E-state index in [4.69, 9.17) is 5.11 Å². The molecule has 6 nitrogen and oxygen atoms in total. The van der Waals surface area contributed by atoms with E-state index in [1.165, 1.54) is 12.1 Å². The van der Waals surface area contributed by atoms with Crippen LogP contribution >= 0.6 is 0 Å². The quantitative estimate of drug-likeness (QED) is 0.484. The minimum Gasteiger partial charge on any atom is -0.478 e. The molecule has 94 valence electrons. The number of carbonyl (C=O) groups is 1. The summed E-state index contributed by atoms with van der Waals surface area (Å²) in [5.41, 5.74) is -0.0689. The van der Waals surface area contributed by atoms with E-state index in [9.17, 15) is 14.9 Å². The van der Waals surface area contributed by atoms with Gasteiger partial charge < -0.3 is 9.59 Å². The first-order chi connectivity index (χ1) is 7.61. The summed E-state index contributed by atoms with van der Waals surface area (Å²) in [5, 5.41) is 18.6. The van der Waals surface area contributed by atoms with E-state index >= 15 is 0 Å². The van der Waals surface area contributed by atoms with Crippen molar-refractivity contribution in [2.45, 2.75) is 0 Å². The number of carboxylic acids is 1. The van der Waals surface area contributed by atoms with Crippen LogP contribution in [0.25, 0.3) is 0 Å². The molecule has 0 aromatic heterocycles. The Labute approximate surface area is 99.8 Å². The van der Waals surface area contributed by atoms with Gasteiger partial charge in [-0.3, -0.25) is 10.1 Å². The lowest BCUT2D eigenvalue weighted by molar-refractivity contribution is -0.849. The average Bonchev–Trinajstić information content (AvgIpc) is 2.15. The molecule has 1 aromatic carbocycles. The number of carboxylic acid groups (broad SMARTS) is 1. The zero-order chi connectivity index (χ0) is 13.6. The normalized spacial score (nSPS) is 10.1. The first-order valence-corrected chi connectivity index (χ1v) is 4.88. The van der Waals surface area contributed by atoms with Crippen molar-refractivity contribution in [1.29, 1.82) is 0 Å². The minimum absolute atomic E-state index is 0.0422. The Morgan fingerprint density at radius 1 is 1.18 bits per heavy atom. The van der Waals surface area contributed by atoms with Crippen LogP contribution < -0.4 is 0 Å². The molecule has 0 atom stereocenters. The van der Waals surface area contributed by atoms with Crippen molar-refractivity contribution in [1.82, 2.24) is 0 Å². The molecule has 0 heterocycles. The lowest BCUT2D eigenvalue weighted by atomic mass is 10.2. The van der Waals surface area contributed by atoms with Crippen LogP contribution in [0.3, 0.4) is 0 Å². The van der Waals surface area contributed by atoms with Crippen LogP contribution in [0, 0.1) is 10.1 Å². The van der Waals surface area contributed by atoms with E-state index in [-0.39, 0.29) is 11.3 Å². The molecular weight excluding hydrogens is 224 g/mol. The maximum Gasteiger partial charge on any atom is 0.335 e. The van der Waals surface area contributed by atoms with E-state index in [0.717, 1.165) is 16.6 Å². The Morgan fingerprint density at radius 2 is 1.53 bits per heavy atom. The van der Waals surface area contributed by atoms with Gasteiger partial charge in [0.2, 0.25) is 0 Å². The standard InChI is InChI=1S/C7H5NO4.C4H12N/c9-7(10)5-1-3-6(4-2-5)8(11)12;1-5(2,3)4/h1-4H,(H,9,10);1-4H3/q;+1. The molecule has 0 aliphatic carbocycles. The lowest BCUT2D eigenvalue weighted by Gasteiger charge is -2.14. The summed E-state index contributed by atoms with van der Waals surface area (Å²) in [5.74, 6) is -1.09. The topological polar surface area (TPSA) is 80.4 Å². The second-order valence-corrected chi connectivity index (χ2v) is 4.79. The molecule has 0 radical (unpaired) electrons. The third-order valence-corrected chi connectivity index (χ3v) is 1.33. The SMILES string of the molecule is C[N+](C)(C)C.O=C(O)c1ccc([N+](=O)[O-])cc1. The van der Waals surface area contributed by atoms with Gasteiger partial charge in [-0.05, 0) is 12.1 Å². The molecule has 0 aliphatic heterocycles. The smallest absolute Gasteiger partial charge is 0.335 e. The summed E-state index contributed by atoms with van der Waals surface area (Å²) in [6.07, 6.45) is 0. The highest BCUT2D eigenvalue weighted by molar-refractivity contribution is 5.87. The highest BCUT2D eigenvalue weighted by Gasteiger charge is 2.06. The highest BCUT2D eigenvalue weighted by atomic mass is 16.6. The van der Waals surface area contributed by atoms with Gasteiger partial charge in [-0.25, -0.2) is 4.79 Å². The van der Waals surface area contributed by atoms with Gasteiger partial charge in [-0.1, -0.05) is 0 Å². The Kier molecular flexibility index (Phi) is 5.27. The van der Waals surface area contributed by atoms with Crippen LogP contribution in [0.2, 0.25) is 0 Å². The first-order valence-electron chi connectivity index (χ1n) is 4.88. The summed E-state index contributed by atoms with van der Waals surface area (Å²) >= 11 is 0. The van der Waals surface area contributed by atoms with Gasteiger partial charge in [-0.15, -0.1) is 0 Å². The Bertz CT molecular complexity index is 354. The van der Waals surface area contributed by atoms with Gasteiger partial charge >= 0.3 is 5.97 Å². The molecule has 0 fully saturated rings. The van der Waals surface area contributed by atoms with Crippen LogP contribution in [0.5, 0.6) is 0 Å². The van der Waals surface area contributed by atoms with E-state index in [0.29, 0.717) is 0 Å². The van der Waals surface area contributed by atoms with Crippen molar-refractivity contribution in [3.8, 4) is 0 Å². The van der Waals surface area contributed by atoms with Gasteiger partial charge in [0.25, 0.3) is 5.69 Å². The molecule has 0 amide bonds. The highest BCUT2D eigenvalue weighted by Crippen LogP contribution is 2.11. The minimum atomic E-state index is -1.09. The number of rotatable bonds is 2. The molecule has 1 N–H and O–H groups in total. The molecular formula is C11H17N2O4+. The van der Waals surface area contributed by atoms with Gasteiger partial charge in [0, 0.05) is 12.1 Å². The summed E-state index contributed by atoms with van der Waals surface area (Å²) < 4.78 is 1.00. The Balaban J connectivity index is 0.000000437. The van der Waals surface area contributed by atoms with Crippen molar-refractivity contribution in [3.05, 3.63) is 39.9 Å².